The summed E-state index contributed by atoms with van der Waals surface area (Å²) in [5.74, 6) is -3.09. The maximum atomic E-state index is 14.4. The third kappa shape index (κ3) is 6.14. The van der Waals surface area contributed by atoms with Crippen molar-refractivity contribution in [2.45, 2.75) is 52.4 Å². The highest BCUT2D eigenvalue weighted by Gasteiger charge is 2.51. The molecule has 39 heavy (non-hydrogen) atoms. The van der Waals surface area contributed by atoms with Crippen LogP contribution in [0.15, 0.2) is 65.8 Å². The van der Waals surface area contributed by atoms with Gasteiger partial charge in [-0.25, -0.2) is 4.39 Å². The van der Waals surface area contributed by atoms with E-state index in [1.165, 1.54) is 17.1 Å². The molecule has 2 N–H and O–H groups in total. The van der Waals surface area contributed by atoms with Gasteiger partial charge in [0.15, 0.2) is 0 Å². The van der Waals surface area contributed by atoms with Gasteiger partial charge in [0.25, 0.3) is 0 Å². The van der Waals surface area contributed by atoms with Crippen molar-refractivity contribution < 1.29 is 32.6 Å². The molecule has 0 saturated heterocycles. The summed E-state index contributed by atoms with van der Waals surface area (Å²) in [4.78, 5) is 11.5. The highest BCUT2D eigenvalue weighted by Crippen LogP contribution is 2.40. The van der Waals surface area contributed by atoms with E-state index in [4.69, 9.17) is 0 Å². The third-order valence-corrected chi connectivity index (χ3v) is 7.11. The Balaban J connectivity index is 1.58. The molecule has 0 aromatic heterocycles. The smallest absolute Gasteiger partial charge is 0.431 e. The first-order valence-electron chi connectivity index (χ1n) is 12.6. The molecule has 0 aliphatic carbocycles. The zero-order chi connectivity index (χ0) is 28.5. The summed E-state index contributed by atoms with van der Waals surface area (Å²) >= 11 is 0. The van der Waals surface area contributed by atoms with Gasteiger partial charge >= 0.3 is 12.1 Å². The number of carbonyl (C=O) groups is 1. The van der Waals surface area contributed by atoms with Crippen molar-refractivity contribution in [2.75, 3.05) is 5.01 Å². The second-order valence-electron chi connectivity index (χ2n) is 10.2. The lowest BCUT2D eigenvalue weighted by Gasteiger charge is -2.29. The molecule has 4 rings (SSSR count). The van der Waals surface area contributed by atoms with E-state index >= 15 is 0 Å². The normalized spacial score (nSPS) is 17.6. The predicted molar refractivity (Wildman–Crippen MR) is 142 cm³/mol. The molecule has 0 fully saturated rings. The minimum atomic E-state index is -4.66. The van der Waals surface area contributed by atoms with Crippen LogP contribution in [0, 0.1) is 24.6 Å². The highest BCUT2D eigenvalue weighted by molar-refractivity contribution is 5.96. The number of aliphatic hydroxyl groups excluding tert-OH is 1. The van der Waals surface area contributed by atoms with Gasteiger partial charge in [0, 0.05) is 11.5 Å². The van der Waals surface area contributed by atoms with Crippen LogP contribution in [0.25, 0.3) is 11.1 Å². The Morgan fingerprint density at radius 3 is 2.26 bits per heavy atom. The van der Waals surface area contributed by atoms with Crippen molar-refractivity contribution in [1.82, 2.24) is 0 Å². The van der Waals surface area contributed by atoms with E-state index in [0.29, 0.717) is 28.8 Å². The Kier molecular flexibility index (Phi) is 8.11. The fourth-order valence-electron chi connectivity index (χ4n) is 5.18. The van der Waals surface area contributed by atoms with Crippen LogP contribution < -0.4 is 5.01 Å². The first-order valence-corrected chi connectivity index (χ1v) is 12.6. The summed E-state index contributed by atoms with van der Waals surface area (Å²) in [6.07, 6.45) is -4.59. The van der Waals surface area contributed by atoms with Crippen molar-refractivity contribution in [3.05, 3.63) is 88.7 Å². The SMILES string of the molecule is Cc1cc(-c2cc(CO)ccc2F)ccc1Cc1ccc(N2N=C(C(F)(F)F)C(C(C)C)C2CC(=O)O)cc1. The van der Waals surface area contributed by atoms with Crippen LogP contribution in [0.4, 0.5) is 23.2 Å². The largest absolute Gasteiger partial charge is 0.481 e. The number of anilines is 1. The minimum Gasteiger partial charge on any atom is -0.481 e. The lowest BCUT2D eigenvalue weighted by molar-refractivity contribution is -0.137. The standard InChI is InChI=1S/C30H30F4N2O3/c1-17(2)28-26(15-27(38)39)36(35-29(28)30(32,33)34)23-9-4-19(5-10-23)13-21-7-8-22(12-18(21)3)24-14-20(16-37)6-11-25(24)31/h4-12,14,17,26,28,37H,13,15-16H2,1-3H3,(H,38,39). The van der Waals surface area contributed by atoms with Gasteiger partial charge in [-0.2, -0.15) is 18.3 Å². The molecule has 206 valence electrons. The fraction of sp³-hybridized carbons (Fsp3) is 0.333. The molecule has 5 nitrogen and oxygen atoms in total. The summed E-state index contributed by atoms with van der Waals surface area (Å²) in [5.41, 5.74) is 3.97. The quantitative estimate of drug-likeness (QED) is 0.309. The number of aryl methyl sites for hydroxylation is 1. The van der Waals surface area contributed by atoms with Crippen molar-refractivity contribution in [1.29, 1.82) is 0 Å². The van der Waals surface area contributed by atoms with Gasteiger partial charge in [-0.1, -0.05) is 50.2 Å². The summed E-state index contributed by atoms with van der Waals surface area (Å²) < 4.78 is 55.7. The van der Waals surface area contributed by atoms with Crippen LogP contribution >= 0.6 is 0 Å². The van der Waals surface area contributed by atoms with Gasteiger partial charge in [-0.3, -0.25) is 9.80 Å². The minimum absolute atomic E-state index is 0.185. The van der Waals surface area contributed by atoms with Gasteiger partial charge in [-0.15, -0.1) is 0 Å². The number of nitrogens with zero attached hydrogens (tertiary/aromatic N) is 2. The molecule has 3 aromatic rings. The van der Waals surface area contributed by atoms with Crippen LogP contribution in [0.5, 0.6) is 0 Å². The molecule has 9 heteroatoms. The molecular formula is C30H30F4N2O3. The number of aliphatic hydroxyl groups is 1. The van der Waals surface area contributed by atoms with Crippen molar-refractivity contribution >= 4 is 17.4 Å². The Bertz CT molecular complexity index is 1380. The predicted octanol–water partition coefficient (Wildman–Crippen LogP) is 6.74. The third-order valence-electron chi connectivity index (χ3n) is 7.11. The lowest BCUT2D eigenvalue weighted by Crippen LogP contribution is -2.41. The highest BCUT2D eigenvalue weighted by atomic mass is 19.4. The van der Waals surface area contributed by atoms with Crippen molar-refractivity contribution in [3.8, 4) is 11.1 Å². The van der Waals surface area contributed by atoms with Gasteiger partial charge in [0.2, 0.25) is 0 Å². The van der Waals surface area contributed by atoms with Crippen LogP contribution in [-0.4, -0.2) is 34.1 Å². The average molecular weight is 543 g/mol. The monoisotopic (exact) mass is 542 g/mol. The van der Waals surface area contributed by atoms with Crippen molar-refractivity contribution in [3.63, 3.8) is 0 Å². The molecule has 2 atom stereocenters. The van der Waals surface area contributed by atoms with Gasteiger partial charge < -0.3 is 10.2 Å². The Hall–Kier alpha value is -3.72. The summed E-state index contributed by atoms with van der Waals surface area (Å²) in [5, 5.41) is 23.8. The second kappa shape index (κ2) is 11.2. The number of rotatable bonds is 8. The van der Waals surface area contributed by atoms with E-state index < -0.39 is 42.2 Å². The van der Waals surface area contributed by atoms with Crippen LogP contribution in [0.2, 0.25) is 0 Å². The van der Waals surface area contributed by atoms with Gasteiger partial charge in [0.05, 0.1) is 24.8 Å². The number of aliphatic carboxylic acids is 1. The Morgan fingerprint density at radius 1 is 1.03 bits per heavy atom. The molecule has 0 saturated carbocycles. The summed E-state index contributed by atoms with van der Waals surface area (Å²) in [6.45, 7) is 5.01. The second-order valence-corrected chi connectivity index (χ2v) is 10.2. The van der Waals surface area contributed by atoms with E-state index in [0.717, 1.165) is 16.7 Å². The van der Waals surface area contributed by atoms with E-state index in [1.807, 2.05) is 25.1 Å². The molecule has 0 spiro atoms. The van der Waals surface area contributed by atoms with Crippen LogP contribution in [-0.2, 0) is 17.8 Å². The van der Waals surface area contributed by atoms with Gasteiger partial charge in [0.1, 0.15) is 11.5 Å². The molecule has 1 aliphatic heterocycles. The summed E-state index contributed by atoms with van der Waals surface area (Å²) in [7, 11) is 0. The first kappa shape index (κ1) is 28.3. The number of hydrazone groups is 1. The number of hydrogen-bond acceptors (Lipinski definition) is 4. The maximum absolute atomic E-state index is 14.4. The molecule has 1 heterocycles. The Labute approximate surface area is 224 Å². The zero-order valence-corrected chi connectivity index (χ0v) is 21.8. The molecule has 0 amide bonds. The molecule has 3 aromatic carbocycles. The van der Waals surface area contributed by atoms with E-state index in [9.17, 15) is 32.6 Å². The van der Waals surface area contributed by atoms with E-state index in [1.54, 1.807) is 44.2 Å². The summed E-state index contributed by atoms with van der Waals surface area (Å²) in [6, 6.07) is 16.0. The van der Waals surface area contributed by atoms with Crippen LogP contribution in [0.1, 0.15) is 42.5 Å². The topological polar surface area (TPSA) is 73.1 Å². The number of hydrogen-bond donors (Lipinski definition) is 2. The van der Waals surface area contributed by atoms with Crippen molar-refractivity contribution in [2.24, 2.45) is 16.9 Å². The van der Waals surface area contributed by atoms with E-state index in [-0.39, 0.29) is 12.4 Å². The molecular weight excluding hydrogens is 512 g/mol. The van der Waals surface area contributed by atoms with Gasteiger partial charge in [-0.05, 0) is 71.3 Å². The molecule has 0 radical (unpaired) electrons. The lowest BCUT2D eigenvalue weighted by atomic mass is 9.83. The molecule has 0 bridgehead atoms. The number of benzene rings is 3. The van der Waals surface area contributed by atoms with E-state index in [2.05, 4.69) is 5.10 Å². The first-order chi connectivity index (χ1) is 18.4. The number of carboxylic acid groups (broad SMARTS) is 1. The zero-order valence-electron chi connectivity index (χ0n) is 21.8. The molecule has 2 unspecified atom stereocenters. The van der Waals surface area contributed by atoms with Crippen LogP contribution in [0.3, 0.4) is 0 Å². The number of alkyl halides is 3. The fourth-order valence-corrected chi connectivity index (χ4v) is 5.18. The number of halogens is 4. The average Bonchev–Trinajstić information content (AvgIpc) is 3.25. The maximum Gasteiger partial charge on any atom is 0.431 e. The molecule has 1 aliphatic rings. The Morgan fingerprint density at radius 2 is 1.69 bits per heavy atom. The number of carboxylic acids is 1.